The number of anilines is 4. The molecule has 5 rings (SSSR count). The second-order valence-corrected chi connectivity index (χ2v) is 9.60. The van der Waals surface area contributed by atoms with Crippen molar-refractivity contribution in [2.45, 2.75) is 13.5 Å². The molecule has 1 saturated heterocycles. The van der Waals surface area contributed by atoms with E-state index in [4.69, 9.17) is 9.97 Å². The van der Waals surface area contributed by atoms with Gasteiger partial charge in [0, 0.05) is 57.2 Å². The third-order valence-electron chi connectivity index (χ3n) is 6.11. The van der Waals surface area contributed by atoms with Crippen LogP contribution in [-0.2, 0) is 6.54 Å². The molecule has 1 fully saturated rings. The van der Waals surface area contributed by atoms with Gasteiger partial charge in [0.1, 0.15) is 22.0 Å². The van der Waals surface area contributed by atoms with Crippen LogP contribution in [0.2, 0.25) is 0 Å². The molecule has 7 nitrogen and oxygen atoms in total. The van der Waals surface area contributed by atoms with E-state index in [1.807, 2.05) is 31.4 Å². The van der Waals surface area contributed by atoms with Crippen molar-refractivity contribution in [3.63, 3.8) is 0 Å². The number of rotatable bonds is 6. The van der Waals surface area contributed by atoms with Crippen LogP contribution in [0, 0.1) is 6.92 Å². The van der Waals surface area contributed by atoms with Gasteiger partial charge in [0.25, 0.3) is 0 Å². The fourth-order valence-electron chi connectivity index (χ4n) is 3.98. The van der Waals surface area contributed by atoms with E-state index in [0.29, 0.717) is 0 Å². The molecule has 0 bridgehead atoms. The quantitative estimate of drug-likeness (QED) is 0.450. The number of pyridine rings is 2. The summed E-state index contributed by atoms with van der Waals surface area (Å²) in [5.41, 5.74) is 4.43. The van der Waals surface area contributed by atoms with Gasteiger partial charge in [-0.3, -0.25) is 4.90 Å². The van der Waals surface area contributed by atoms with Gasteiger partial charge in [-0.1, -0.05) is 35.1 Å². The van der Waals surface area contributed by atoms with Crippen molar-refractivity contribution in [3.05, 3.63) is 65.9 Å². The molecule has 4 heterocycles. The fraction of sp³-hybridized carbons (Fsp3) is 0.320. The average Bonchev–Trinajstić information content (AvgIpc) is 3.23. The Kier molecular flexibility index (Phi) is 6.22. The highest BCUT2D eigenvalue weighted by Gasteiger charge is 2.17. The number of benzene rings is 1. The molecule has 1 aliphatic heterocycles. The Bertz CT molecular complexity index is 1230. The lowest BCUT2D eigenvalue weighted by molar-refractivity contribution is 0.148. The molecule has 0 radical (unpaired) electrons. The molecule has 4 aromatic rings. The molecule has 1 aromatic carbocycles. The van der Waals surface area contributed by atoms with Gasteiger partial charge < -0.3 is 15.1 Å². The summed E-state index contributed by atoms with van der Waals surface area (Å²) >= 11 is 1.56. The Balaban J connectivity index is 1.34. The van der Waals surface area contributed by atoms with Gasteiger partial charge >= 0.3 is 0 Å². The van der Waals surface area contributed by atoms with Crippen LogP contribution < -0.4 is 10.2 Å². The first-order chi connectivity index (χ1) is 16.0. The van der Waals surface area contributed by atoms with Crippen molar-refractivity contribution < 1.29 is 0 Å². The van der Waals surface area contributed by atoms with Crippen LogP contribution in [-0.4, -0.2) is 65.0 Å². The minimum atomic E-state index is 0.811. The monoisotopic (exact) mass is 459 g/mol. The molecule has 0 atom stereocenters. The van der Waals surface area contributed by atoms with Crippen LogP contribution in [0.25, 0.3) is 10.3 Å². The fourth-order valence-corrected chi connectivity index (χ4v) is 4.81. The molecular formula is C25H29N7S. The van der Waals surface area contributed by atoms with Crippen LogP contribution in [0.15, 0.2) is 54.7 Å². The highest BCUT2D eigenvalue weighted by atomic mass is 32.1. The summed E-state index contributed by atoms with van der Waals surface area (Å²) in [5, 5.41) is 4.26. The van der Waals surface area contributed by atoms with Crippen LogP contribution >= 0.6 is 11.3 Å². The van der Waals surface area contributed by atoms with Gasteiger partial charge in [0.05, 0.1) is 0 Å². The number of aryl methyl sites for hydroxylation is 1. The number of hydrogen-bond acceptors (Lipinski definition) is 8. The molecule has 1 N–H and O–H groups in total. The molecule has 0 spiro atoms. The number of aromatic nitrogens is 3. The van der Waals surface area contributed by atoms with E-state index in [-0.39, 0.29) is 0 Å². The molecule has 0 saturated carbocycles. The third kappa shape index (κ3) is 4.98. The maximum atomic E-state index is 4.87. The first kappa shape index (κ1) is 21.8. The predicted octanol–water partition coefficient (Wildman–Crippen LogP) is 4.65. The maximum absolute atomic E-state index is 4.87. The molecule has 0 amide bonds. The van der Waals surface area contributed by atoms with Gasteiger partial charge in [-0.15, -0.1) is 0 Å². The van der Waals surface area contributed by atoms with E-state index in [1.54, 1.807) is 11.3 Å². The lowest BCUT2D eigenvalue weighted by Crippen LogP contribution is -2.43. The minimum Gasteiger partial charge on any atom is -0.329 e. The Morgan fingerprint density at radius 2 is 1.79 bits per heavy atom. The van der Waals surface area contributed by atoms with E-state index in [0.717, 1.165) is 65.5 Å². The Labute approximate surface area is 198 Å². The summed E-state index contributed by atoms with van der Waals surface area (Å²) < 4.78 is 0. The lowest BCUT2D eigenvalue weighted by Gasteiger charge is -2.32. The number of thiazole rings is 1. The van der Waals surface area contributed by atoms with Crippen molar-refractivity contribution in [1.29, 1.82) is 0 Å². The van der Waals surface area contributed by atoms with Crippen molar-refractivity contribution in [1.82, 2.24) is 24.8 Å². The van der Waals surface area contributed by atoms with Crippen molar-refractivity contribution in [3.8, 4) is 0 Å². The Hall–Kier alpha value is -3.07. The van der Waals surface area contributed by atoms with Gasteiger partial charge in [0.2, 0.25) is 0 Å². The van der Waals surface area contributed by atoms with E-state index in [2.05, 4.69) is 69.3 Å². The Morgan fingerprint density at radius 3 is 2.58 bits per heavy atom. The molecule has 8 heteroatoms. The van der Waals surface area contributed by atoms with E-state index < -0.39 is 0 Å². The highest BCUT2D eigenvalue weighted by molar-refractivity contribution is 7.21. The van der Waals surface area contributed by atoms with Gasteiger partial charge in [-0.2, -0.15) is 0 Å². The van der Waals surface area contributed by atoms with Crippen molar-refractivity contribution in [2.75, 3.05) is 50.5 Å². The van der Waals surface area contributed by atoms with Gasteiger partial charge in [-0.25, -0.2) is 15.0 Å². The van der Waals surface area contributed by atoms with Crippen molar-refractivity contribution in [2.24, 2.45) is 0 Å². The summed E-state index contributed by atoms with van der Waals surface area (Å²) in [6.07, 6.45) is 1.83. The minimum absolute atomic E-state index is 0.811. The molecule has 170 valence electrons. The van der Waals surface area contributed by atoms with Crippen LogP contribution in [0.3, 0.4) is 0 Å². The molecule has 1 aliphatic rings. The predicted molar refractivity (Wildman–Crippen MR) is 137 cm³/mol. The summed E-state index contributed by atoms with van der Waals surface area (Å²) in [5.74, 6) is 1.77. The second kappa shape index (κ2) is 9.43. The van der Waals surface area contributed by atoms with Gasteiger partial charge in [-0.05, 0) is 44.3 Å². The first-order valence-electron chi connectivity index (χ1n) is 11.2. The van der Waals surface area contributed by atoms with E-state index in [9.17, 15) is 0 Å². The number of likely N-dealkylation sites (N-methyl/N-ethyl adjacent to an activating group) is 1. The second-order valence-electron chi connectivity index (χ2n) is 8.62. The Morgan fingerprint density at radius 1 is 1.00 bits per heavy atom. The number of fused-ring (bicyclic) bond motifs is 1. The summed E-state index contributed by atoms with van der Waals surface area (Å²) in [7, 11) is 4.22. The summed E-state index contributed by atoms with van der Waals surface area (Å²) in [6.45, 7) is 7.34. The highest BCUT2D eigenvalue weighted by Crippen LogP contribution is 2.31. The van der Waals surface area contributed by atoms with Crippen LogP contribution in [0.5, 0.6) is 0 Å². The number of nitrogens with one attached hydrogen (secondary N) is 1. The van der Waals surface area contributed by atoms with Crippen LogP contribution in [0.4, 0.5) is 22.5 Å². The molecule has 0 unspecified atom stereocenters. The zero-order valence-electron chi connectivity index (χ0n) is 19.3. The number of piperazine rings is 1. The maximum Gasteiger partial charge on any atom is 0.190 e. The molecule has 0 aliphatic carbocycles. The number of nitrogens with zero attached hydrogens (tertiary/aromatic N) is 6. The molecule has 3 aromatic heterocycles. The van der Waals surface area contributed by atoms with Crippen molar-refractivity contribution >= 4 is 44.1 Å². The smallest absolute Gasteiger partial charge is 0.190 e. The summed E-state index contributed by atoms with van der Waals surface area (Å²) in [6, 6.07) is 16.7. The van der Waals surface area contributed by atoms with Gasteiger partial charge in [0.15, 0.2) is 5.13 Å². The molecule has 33 heavy (non-hydrogen) atoms. The van der Waals surface area contributed by atoms with E-state index >= 15 is 0 Å². The first-order valence-corrected chi connectivity index (χ1v) is 12.1. The normalized spacial score (nSPS) is 15.1. The standard InChI is InChI=1S/C25H29N7S/c1-18-6-8-20(9-7-18)31(3)22-11-10-21-24(28-22)33-25(27-21)29-23-19(5-4-12-26-23)17-32-15-13-30(2)14-16-32/h4-12H,13-17H2,1-3H3,(H,26,27,29). The lowest BCUT2D eigenvalue weighted by atomic mass is 10.2. The third-order valence-corrected chi connectivity index (χ3v) is 6.99. The SMILES string of the molecule is Cc1ccc(N(C)c2ccc3nc(Nc4ncccc4CN4CCN(C)CC4)sc3n2)cc1. The summed E-state index contributed by atoms with van der Waals surface area (Å²) in [4.78, 5) is 22.1. The number of hydrogen-bond donors (Lipinski definition) is 1. The zero-order valence-corrected chi connectivity index (χ0v) is 20.1. The molecular weight excluding hydrogens is 430 g/mol. The zero-order chi connectivity index (χ0) is 22.8. The largest absolute Gasteiger partial charge is 0.329 e. The van der Waals surface area contributed by atoms with E-state index in [1.165, 1.54) is 11.1 Å². The van der Waals surface area contributed by atoms with Crippen LogP contribution in [0.1, 0.15) is 11.1 Å². The topological polar surface area (TPSA) is 60.4 Å². The average molecular weight is 460 g/mol.